The van der Waals surface area contributed by atoms with E-state index in [0.29, 0.717) is 11.8 Å². The van der Waals surface area contributed by atoms with E-state index in [1.807, 2.05) is 24.0 Å². The number of hydrogen-bond donors (Lipinski definition) is 1. The smallest absolute Gasteiger partial charge is 0.223 e. The molecule has 1 N–H and O–H groups in total. The first-order valence-corrected chi connectivity index (χ1v) is 7.13. The van der Waals surface area contributed by atoms with Gasteiger partial charge < -0.3 is 14.3 Å². The molecule has 0 aliphatic heterocycles. The van der Waals surface area contributed by atoms with Gasteiger partial charge in [0, 0.05) is 50.0 Å². The fraction of sp³-hybridized carbons (Fsp3) is 0.467. The Hall–Kier alpha value is -2.08. The molecule has 0 radical (unpaired) electrons. The quantitative estimate of drug-likeness (QED) is 0.870. The van der Waals surface area contributed by atoms with Gasteiger partial charge in [-0.1, -0.05) is 0 Å². The van der Waals surface area contributed by atoms with Gasteiger partial charge in [0.1, 0.15) is 5.82 Å². The summed E-state index contributed by atoms with van der Waals surface area (Å²) >= 11 is 0. The second-order valence-electron chi connectivity index (χ2n) is 5.48. The van der Waals surface area contributed by atoms with Crippen LogP contribution in [-0.2, 0) is 20.1 Å². The highest BCUT2D eigenvalue weighted by Crippen LogP contribution is 2.29. The third kappa shape index (κ3) is 3.16. The van der Waals surface area contributed by atoms with E-state index in [4.69, 9.17) is 4.74 Å². The topological polar surface area (TPSA) is 63.1 Å². The number of nitrogens with zero attached hydrogens (tertiary/aromatic N) is 3. The number of pyridine rings is 1. The molecule has 1 aliphatic carbocycles. The van der Waals surface area contributed by atoms with Crippen molar-refractivity contribution in [3.05, 3.63) is 46.4 Å². The first kappa shape index (κ1) is 13.9. The van der Waals surface area contributed by atoms with E-state index in [0.717, 1.165) is 24.6 Å². The molecule has 0 spiro atoms. The maximum absolute atomic E-state index is 11.8. The molecular formula is C15H20N4O2. The van der Waals surface area contributed by atoms with Crippen LogP contribution in [0.5, 0.6) is 5.75 Å². The minimum atomic E-state index is -0.0843. The standard InChI is InChI=1S/C15H20N4O2/c1-18-6-5-16-15(18)10-19(12-3-4-12)9-11-7-13(20)14(21-2)8-17-11/h5-8,12H,3-4,9-10H2,1-2H3,(H,17,20). The monoisotopic (exact) mass is 288 g/mol. The van der Waals surface area contributed by atoms with E-state index in [2.05, 4.69) is 14.9 Å². The highest BCUT2D eigenvalue weighted by molar-refractivity contribution is 5.20. The summed E-state index contributed by atoms with van der Waals surface area (Å²) in [4.78, 5) is 21.7. The van der Waals surface area contributed by atoms with Crippen LogP contribution in [0.25, 0.3) is 0 Å². The molecular weight excluding hydrogens is 268 g/mol. The van der Waals surface area contributed by atoms with Crippen LogP contribution in [0.1, 0.15) is 24.4 Å². The maximum atomic E-state index is 11.8. The lowest BCUT2D eigenvalue weighted by atomic mass is 10.3. The number of aryl methyl sites for hydroxylation is 1. The van der Waals surface area contributed by atoms with E-state index in [-0.39, 0.29) is 5.43 Å². The third-order valence-electron chi connectivity index (χ3n) is 3.86. The number of aromatic amines is 1. The molecule has 0 amide bonds. The van der Waals surface area contributed by atoms with Crippen molar-refractivity contribution >= 4 is 0 Å². The number of ether oxygens (including phenoxy) is 1. The normalized spacial score (nSPS) is 14.6. The van der Waals surface area contributed by atoms with Crippen molar-refractivity contribution in [1.29, 1.82) is 0 Å². The van der Waals surface area contributed by atoms with Crippen LogP contribution < -0.4 is 10.2 Å². The van der Waals surface area contributed by atoms with Crippen molar-refractivity contribution in [2.75, 3.05) is 7.11 Å². The van der Waals surface area contributed by atoms with Gasteiger partial charge in [-0.25, -0.2) is 4.98 Å². The summed E-state index contributed by atoms with van der Waals surface area (Å²) in [5, 5.41) is 0. The van der Waals surface area contributed by atoms with Crippen LogP contribution in [0.2, 0.25) is 0 Å². The number of aromatic nitrogens is 3. The van der Waals surface area contributed by atoms with E-state index < -0.39 is 0 Å². The molecule has 0 bridgehead atoms. The van der Waals surface area contributed by atoms with Gasteiger partial charge in [0.25, 0.3) is 0 Å². The SMILES string of the molecule is COc1c[nH]c(CN(Cc2nccn2C)C2CC2)cc1=O. The molecule has 112 valence electrons. The molecule has 0 unspecified atom stereocenters. The minimum absolute atomic E-state index is 0.0843. The summed E-state index contributed by atoms with van der Waals surface area (Å²) in [6.45, 7) is 1.51. The Morgan fingerprint density at radius 3 is 2.86 bits per heavy atom. The summed E-state index contributed by atoms with van der Waals surface area (Å²) in [5.74, 6) is 1.39. The molecule has 6 heteroatoms. The Balaban J connectivity index is 1.75. The summed E-state index contributed by atoms with van der Waals surface area (Å²) in [7, 11) is 3.50. The highest BCUT2D eigenvalue weighted by Gasteiger charge is 2.30. The van der Waals surface area contributed by atoms with Gasteiger partial charge >= 0.3 is 0 Å². The maximum Gasteiger partial charge on any atom is 0.223 e. The lowest BCUT2D eigenvalue weighted by Gasteiger charge is -2.21. The Labute approximate surface area is 123 Å². The van der Waals surface area contributed by atoms with Crippen LogP contribution in [0.3, 0.4) is 0 Å². The zero-order valence-electron chi connectivity index (χ0n) is 12.4. The third-order valence-corrected chi connectivity index (χ3v) is 3.86. The van der Waals surface area contributed by atoms with Gasteiger partial charge in [0.15, 0.2) is 5.75 Å². The number of nitrogens with one attached hydrogen (secondary N) is 1. The second kappa shape index (κ2) is 5.73. The molecule has 1 saturated carbocycles. The first-order valence-electron chi connectivity index (χ1n) is 7.13. The number of H-pyrrole nitrogens is 1. The van der Waals surface area contributed by atoms with Crippen LogP contribution in [0.4, 0.5) is 0 Å². The lowest BCUT2D eigenvalue weighted by molar-refractivity contribution is 0.234. The van der Waals surface area contributed by atoms with E-state index in [1.165, 1.54) is 20.0 Å². The average Bonchev–Trinajstić information content (AvgIpc) is 3.23. The molecule has 21 heavy (non-hydrogen) atoms. The number of rotatable bonds is 6. The Kier molecular flexibility index (Phi) is 3.79. The molecule has 1 aliphatic rings. The van der Waals surface area contributed by atoms with Crippen molar-refractivity contribution in [2.45, 2.75) is 32.0 Å². The van der Waals surface area contributed by atoms with Crippen molar-refractivity contribution in [3.8, 4) is 5.75 Å². The molecule has 3 rings (SSSR count). The zero-order chi connectivity index (χ0) is 14.8. The average molecular weight is 288 g/mol. The largest absolute Gasteiger partial charge is 0.491 e. The molecule has 2 heterocycles. The van der Waals surface area contributed by atoms with Crippen LogP contribution >= 0.6 is 0 Å². The number of imidazole rings is 1. The van der Waals surface area contributed by atoms with Gasteiger partial charge in [-0.3, -0.25) is 9.69 Å². The molecule has 0 atom stereocenters. The molecule has 2 aromatic rings. The summed E-state index contributed by atoms with van der Waals surface area (Å²) in [5.41, 5.74) is 0.820. The van der Waals surface area contributed by atoms with E-state index >= 15 is 0 Å². The summed E-state index contributed by atoms with van der Waals surface area (Å²) in [6, 6.07) is 2.21. The molecule has 0 aromatic carbocycles. The highest BCUT2D eigenvalue weighted by atomic mass is 16.5. The Bertz CT molecular complexity index is 672. The Morgan fingerprint density at radius 1 is 1.48 bits per heavy atom. The predicted octanol–water partition coefficient (Wildman–Crippen LogP) is 1.28. The second-order valence-corrected chi connectivity index (χ2v) is 5.48. The van der Waals surface area contributed by atoms with Crippen molar-refractivity contribution < 1.29 is 4.74 Å². The molecule has 2 aromatic heterocycles. The molecule has 0 saturated heterocycles. The fourth-order valence-electron chi connectivity index (χ4n) is 2.45. The van der Waals surface area contributed by atoms with Crippen LogP contribution in [0, 0.1) is 0 Å². The number of methoxy groups -OCH3 is 1. The van der Waals surface area contributed by atoms with Gasteiger partial charge in [-0.2, -0.15) is 0 Å². The van der Waals surface area contributed by atoms with E-state index in [1.54, 1.807) is 12.3 Å². The molecule has 6 nitrogen and oxygen atoms in total. The summed E-state index contributed by atoms with van der Waals surface area (Å²) in [6.07, 6.45) is 7.82. The molecule has 1 fully saturated rings. The van der Waals surface area contributed by atoms with Crippen molar-refractivity contribution in [2.24, 2.45) is 7.05 Å². The first-order chi connectivity index (χ1) is 10.2. The van der Waals surface area contributed by atoms with Crippen molar-refractivity contribution in [1.82, 2.24) is 19.4 Å². The van der Waals surface area contributed by atoms with Gasteiger partial charge in [-0.15, -0.1) is 0 Å². The fourth-order valence-corrected chi connectivity index (χ4v) is 2.45. The predicted molar refractivity (Wildman–Crippen MR) is 79.1 cm³/mol. The Morgan fingerprint density at radius 2 is 2.29 bits per heavy atom. The lowest BCUT2D eigenvalue weighted by Crippen LogP contribution is -2.27. The van der Waals surface area contributed by atoms with E-state index in [9.17, 15) is 4.79 Å². The van der Waals surface area contributed by atoms with Crippen molar-refractivity contribution in [3.63, 3.8) is 0 Å². The van der Waals surface area contributed by atoms with Gasteiger partial charge in [0.2, 0.25) is 5.43 Å². The van der Waals surface area contributed by atoms with Gasteiger partial charge in [-0.05, 0) is 12.8 Å². The number of hydrogen-bond acceptors (Lipinski definition) is 4. The van der Waals surface area contributed by atoms with Crippen LogP contribution in [0.15, 0.2) is 29.5 Å². The minimum Gasteiger partial charge on any atom is -0.491 e. The summed E-state index contributed by atoms with van der Waals surface area (Å²) < 4.78 is 7.03. The van der Waals surface area contributed by atoms with Gasteiger partial charge in [0.05, 0.1) is 13.7 Å². The van der Waals surface area contributed by atoms with Crippen LogP contribution in [-0.4, -0.2) is 32.6 Å². The zero-order valence-corrected chi connectivity index (χ0v) is 12.4.